The summed E-state index contributed by atoms with van der Waals surface area (Å²) in [5, 5.41) is 15.8. The van der Waals surface area contributed by atoms with Gasteiger partial charge in [0.25, 0.3) is 0 Å². The SMILES string of the molecule is Cc1nnc(CN=C(NCC(Cc2ccccc2)c2ccccc2)NC2CCCCC2)n1C.I. The van der Waals surface area contributed by atoms with Crippen LogP contribution in [0.5, 0.6) is 0 Å². The van der Waals surface area contributed by atoms with Gasteiger partial charge in [-0.15, -0.1) is 34.2 Å². The fourth-order valence-corrected chi connectivity index (χ4v) is 4.48. The normalized spacial score (nSPS) is 15.4. The number of aryl methyl sites for hydroxylation is 1. The van der Waals surface area contributed by atoms with Gasteiger partial charge < -0.3 is 15.2 Å². The molecule has 3 aromatic rings. The summed E-state index contributed by atoms with van der Waals surface area (Å²) in [6.07, 6.45) is 7.30. The quantitative estimate of drug-likeness (QED) is 0.223. The maximum atomic E-state index is 4.91. The summed E-state index contributed by atoms with van der Waals surface area (Å²) >= 11 is 0. The monoisotopic (exact) mass is 572 g/mol. The average molecular weight is 573 g/mol. The average Bonchev–Trinajstić information content (AvgIpc) is 3.19. The third-order valence-corrected chi connectivity index (χ3v) is 6.62. The maximum Gasteiger partial charge on any atom is 0.191 e. The van der Waals surface area contributed by atoms with Gasteiger partial charge in [-0.3, -0.25) is 0 Å². The van der Waals surface area contributed by atoms with Crippen molar-refractivity contribution >= 4 is 29.9 Å². The van der Waals surface area contributed by atoms with E-state index in [0.717, 1.165) is 30.6 Å². The summed E-state index contributed by atoms with van der Waals surface area (Å²) in [6.45, 7) is 3.29. The topological polar surface area (TPSA) is 67.1 Å². The molecule has 1 aromatic heterocycles. The molecule has 0 aliphatic heterocycles. The molecule has 182 valence electrons. The first-order valence-electron chi connectivity index (χ1n) is 12.2. The van der Waals surface area contributed by atoms with Gasteiger partial charge in [-0.25, -0.2) is 4.99 Å². The van der Waals surface area contributed by atoms with Crippen molar-refractivity contribution in [3.05, 3.63) is 83.4 Å². The van der Waals surface area contributed by atoms with Crippen LogP contribution in [-0.4, -0.2) is 33.3 Å². The van der Waals surface area contributed by atoms with E-state index in [-0.39, 0.29) is 24.0 Å². The van der Waals surface area contributed by atoms with Crippen molar-refractivity contribution in [3.63, 3.8) is 0 Å². The van der Waals surface area contributed by atoms with E-state index in [4.69, 9.17) is 4.99 Å². The van der Waals surface area contributed by atoms with Gasteiger partial charge in [0.05, 0.1) is 0 Å². The molecule has 0 saturated heterocycles. The van der Waals surface area contributed by atoms with Crippen LogP contribution >= 0.6 is 24.0 Å². The lowest BCUT2D eigenvalue weighted by Crippen LogP contribution is -2.45. The molecule has 0 bridgehead atoms. The van der Waals surface area contributed by atoms with Crippen molar-refractivity contribution in [1.82, 2.24) is 25.4 Å². The molecule has 2 aromatic carbocycles. The first-order valence-corrected chi connectivity index (χ1v) is 12.2. The molecule has 0 spiro atoms. The van der Waals surface area contributed by atoms with Crippen LogP contribution in [0.1, 0.15) is 60.8 Å². The Labute approximate surface area is 220 Å². The van der Waals surface area contributed by atoms with Gasteiger partial charge in [-0.05, 0) is 37.3 Å². The molecule has 1 heterocycles. The van der Waals surface area contributed by atoms with E-state index in [1.165, 1.54) is 43.2 Å². The number of benzene rings is 2. The smallest absolute Gasteiger partial charge is 0.191 e. The lowest BCUT2D eigenvalue weighted by molar-refractivity contribution is 0.409. The summed E-state index contributed by atoms with van der Waals surface area (Å²) in [5.41, 5.74) is 2.69. The van der Waals surface area contributed by atoms with Crippen LogP contribution in [0.15, 0.2) is 65.7 Å². The number of hydrogen-bond donors (Lipinski definition) is 2. The van der Waals surface area contributed by atoms with Crippen molar-refractivity contribution in [2.24, 2.45) is 12.0 Å². The molecular formula is C27H37IN6. The highest BCUT2D eigenvalue weighted by molar-refractivity contribution is 14.0. The van der Waals surface area contributed by atoms with Crippen LogP contribution in [0.4, 0.5) is 0 Å². The van der Waals surface area contributed by atoms with Gasteiger partial charge in [0, 0.05) is 25.6 Å². The third kappa shape index (κ3) is 7.55. The number of halogens is 1. The molecule has 1 fully saturated rings. The Bertz CT molecular complexity index is 1010. The minimum absolute atomic E-state index is 0. The Hall–Kier alpha value is -2.42. The number of aliphatic imine (C=N–C) groups is 1. The minimum atomic E-state index is 0. The van der Waals surface area contributed by atoms with E-state index in [0.29, 0.717) is 18.5 Å². The Morgan fingerprint density at radius 3 is 2.32 bits per heavy atom. The third-order valence-electron chi connectivity index (χ3n) is 6.62. The van der Waals surface area contributed by atoms with Crippen LogP contribution in [0, 0.1) is 6.92 Å². The molecule has 4 rings (SSSR count). The zero-order valence-electron chi connectivity index (χ0n) is 20.3. The highest BCUT2D eigenvalue weighted by atomic mass is 127. The lowest BCUT2D eigenvalue weighted by Gasteiger charge is -2.26. The highest BCUT2D eigenvalue weighted by Gasteiger charge is 2.17. The number of guanidine groups is 1. The highest BCUT2D eigenvalue weighted by Crippen LogP contribution is 2.21. The van der Waals surface area contributed by atoms with Crippen molar-refractivity contribution in [3.8, 4) is 0 Å². The predicted octanol–water partition coefficient (Wildman–Crippen LogP) is 5.14. The van der Waals surface area contributed by atoms with Crippen LogP contribution in [0.25, 0.3) is 0 Å². The predicted molar refractivity (Wildman–Crippen MR) is 150 cm³/mol. The van der Waals surface area contributed by atoms with Crippen molar-refractivity contribution in [1.29, 1.82) is 0 Å². The second-order valence-corrected chi connectivity index (χ2v) is 9.04. The number of aromatic nitrogens is 3. The summed E-state index contributed by atoms with van der Waals surface area (Å²) in [6, 6.07) is 22.0. The molecule has 6 nitrogen and oxygen atoms in total. The maximum absolute atomic E-state index is 4.91. The lowest BCUT2D eigenvalue weighted by atomic mass is 9.92. The molecule has 2 N–H and O–H groups in total. The van der Waals surface area contributed by atoms with Gasteiger partial charge in [0.2, 0.25) is 0 Å². The summed E-state index contributed by atoms with van der Waals surface area (Å²) in [7, 11) is 1.99. The molecular weight excluding hydrogens is 535 g/mol. The summed E-state index contributed by atoms with van der Waals surface area (Å²) in [5.74, 6) is 3.00. The van der Waals surface area contributed by atoms with Gasteiger partial charge in [0.1, 0.15) is 12.4 Å². The van der Waals surface area contributed by atoms with E-state index in [1.54, 1.807) is 0 Å². The van der Waals surface area contributed by atoms with Crippen LogP contribution in [-0.2, 0) is 20.0 Å². The van der Waals surface area contributed by atoms with Crippen LogP contribution < -0.4 is 10.6 Å². The molecule has 34 heavy (non-hydrogen) atoms. The molecule has 7 heteroatoms. The van der Waals surface area contributed by atoms with Gasteiger partial charge >= 0.3 is 0 Å². The Balaban J connectivity index is 0.00000324. The van der Waals surface area contributed by atoms with Gasteiger partial charge in [0.15, 0.2) is 11.8 Å². The first kappa shape index (κ1) is 26.2. The standard InChI is InChI=1S/C27H36N6.HI/c1-21-31-32-26(33(21)2)20-29-27(30-25-16-10-5-11-17-25)28-19-24(23-14-8-4-9-15-23)18-22-12-6-3-7-13-22;/h3-4,6-9,12-15,24-25H,5,10-11,16-20H2,1-2H3,(H2,28,29,30);1H. The van der Waals surface area contributed by atoms with E-state index in [9.17, 15) is 0 Å². The summed E-state index contributed by atoms with van der Waals surface area (Å²) in [4.78, 5) is 4.91. The van der Waals surface area contributed by atoms with E-state index in [2.05, 4.69) is 81.5 Å². The number of nitrogens with one attached hydrogen (secondary N) is 2. The van der Waals surface area contributed by atoms with Gasteiger partial charge in [-0.2, -0.15) is 0 Å². The van der Waals surface area contributed by atoms with E-state index < -0.39 is 0 Å². The molecule has 1 atom stereocenters. The minimum Gasteiger partial charge on any atom is -0.356 e. The zero-order valence-corrected chi connectivity index (χ0v) is 22.6. The Morgan fingerprint density at radius 2 is 1.68 bits per heavy atom. The number of hydrogen-bond acceptors (Lipinski definition) is 3. The van der Waals surface area contributed by atoms with E-state index in [1.807, 2.05) is 18.5 Å². The second-order valence-electron chi connectivity index (χ2n) is 9.04. The fourth-order valence-electron chi connectivity index (χ4n) is 4.48. The van der Waals surface area contributed by atoms with E-state index >= 15 is 0 Å². The molecule has 1 unspecified atom stereocenters. The number of rotatable bonds is 8. The molecule has 1 aliphatic rings. The molecule has 0 radical (unpaired) electrons. The first-order chi connectivity index (χ1) is 16.2. The second kappa shape index (κ2) is 13.5. The number of nitrogens with zero attached hydrogens (tertiary/aromatic N) is 4. The van der Waals surface area contributed by atoms with Crippen molar-refractivity contribution in [2.75, 3.05) is 6.54 Å². The van der Waals surface area contributed by atoms with Gasteiger partial charge in [-0.1, -0.05) is 79.9 Å². The molecule has 1 saturated carbocycles. The molecule has 0 amide bonds. The Morgan fingerprint density at radius 1 is 1.00 bits per heavy atom. The van der Waals surface area contributed by atoms with Crippen LogP contribution in [0.3, 0.4) is 0 Å². The zero-order chi connectivity index (χ0) is 22.9. The Kier molecular flexibility index (Phi) is 10.4. The largest absolute Gasteiger partial charge is 0.356 e. The van der Waals surface area contributed by atoms with Crippen molar-refractivity contribution < 1.29 is 0 Å². The molecule has 1 aliphatic carbocycles. The fraction of sp³-hybridized carbons (Fsp3) is 0.444. The summed E-state index contributed by atoms with van der Waals surface area (Å²) < 4.78 is 2.00. The van der Waals surface area contributed by atoms with Crippen LogP contribution in [0.2, 0.25) is 0 Å². The van der Waals surface area contributed by atoms with Crippen molar-refractivity contribution in [2.45, 2.75) is 64.0 Å².